The van der Waals surface area contributed by atoms with Gasteiger partial charge in [0.2, 0.25) is 0 Å². The summed E-state index contributed by atoms with van der Waals surface area (Å²) in [4.78, 5) is 5.47. The Hall–Kier alpha value is -2.45. The van der Waals surface area contributed by atoms with E-state index in [-0.39, 0.29) is 0 Å². The summed E-state index contributed by atoms with van der Waals surface area (Å²) < 4.78 is 2.17. The van der Waals surface area contributed by atoms with Gasteiger partial charge in [-0.3, -0.25) is 0 Å². The predicted molar refractivity (Wildman–Crippen MR) is 128 cm³/mol. The van der Waals surface area contributed by atoms with Crippen molar-refractivity contribution in [1.29, 1.82) is 0 Å². The van der Waals surface area contributed by atoms with Crippen LogP contribution < -0.4 is 15.9 Å². The first-order valence-electron chi connectivity index (χ1n) is 9.48. The second-order valence-corrected chi connectivity index (χ2v) is 14.5. The van der Waals surface area contributed by atoms with Crippen LogP contribution in [0.2, 0.25) is 0 Å². The van der Waals surface area contributed by atoms with Crippen molar-refractivity contribution < 1.29 is 0 Å². The molecule has 0 spiro atoms. The number of hydrogen-bond acceptors (Lipinski definition) is 2. The van der Waals surface area contributed by atoms with Gasteiger partial charge in [0, 0.05) is 0 Å². The average Bonchev–Trinajstić information content (AvgIpc) is 3.41. The van der Waals surface area contributed by atoms with E-state index >= 15 is 0 Å². The van der Waals surface area contributed by atoms with Gasteiger partial charge >= 0.3 is 179 Å². The van der Waals surface area contributed by atoms with Crippen molar-refractivity contribution in [2.45, 2.75) is 6.16 Å². The van der Waals surface area contributed by atoms with Gasteiger partial charge in [0.1, 0.15) is 0 Å². The van der Waals surface area contributed by atoms with Gasteiger partial charge in [-0.2, -0.15) is 0 Å². The number of hydrogen-bond donors (Lipinski definition) is 0. The van der Waals surface area contributed by atoms with Crippen LogP contribution in [0.25, 0.3) is 4.83 Å². The summed E-state index contributed by atoms with van der Waals surface area (Å²) >= 11 is 9.84. The van der Waals surface area contributed by atoms with E-state index in [0.717, 1.165) is 11.0 Å². The van der Waals surface area contributed by atoms with Gasteiger partial charge in [-0.15, -0.1) is 0 Å². The van der Waals surface area contributed by atoms with Gasteiger partial charge in [-0.25, -0.2) is 0 Å². The molecule has 0 fully saturated rings. The molecule has 0 radical (unpaired) electrons. The number of rotatable bonds is 5. The van der Waals surface area contributed by atoms with Crippen LogP contribution in [-0.4, -0.2) is 9.38 Å². The Kier molecular flexibility index (Phi) is 4.55. The SMILES string of the molecule is ClP(Cc1csc2cncn12)(c1ccccc1)(c1ccccc1)c1ccccc1. The molecule has 5 aromatic rings. The second kappa shape index (κ2) is 7.11. The third kappa shape index (κ3) is 2.85. The molecule has 0 bridgehead atoms. The zero-order chi connectivity index (χ0) is 19.8. The summed E-state index contributed by atoms with van der Waals surface area (Å²) in [6.07, 6.45) is 4.52. The van der Waals surface area contributed by atoms with Crippen molar-refractivity contribution in [3.05, 3.63) is 115 Å². The minimum atomic E-state index is -3.31. The molecule has 0 aliphatic rings. The van der Waals surface area contributed by atoms with E-state index in [2.05, 4.69) is 106 Å². The Balaban J connectivity index is 1.88. The number of fused-ring (bicyclic) bond motifs is 1. The molecule has 5 heteroatoms. The molecule has 0 saturated carbocycles. The summed E-state index contributed by atoms with van der Waals surface area (Å²) in [5.74, 6) is -3.31. The van der Waals surface area contributed by atoms with Crippen LogP contribution in [0, 0.1) is 0 Å². The Morgan fingerprint density at radius 2 is 1.24 bits per heavy atom. The Labute approximate surface area is 179 Å². The molecule has 5 rings (SSSR count). The molecule has 3 aromatic carbocycles. The number of aromatic nitrogens is 2. The molecule has 0 amide bonds. The zero-order valence-electron chi connectivity index (χ0n) is 15.7. The van der Waals surface area contributed by atoms with Crippen LogP contribution in [0.5, 0.6) is 0 Å². The minimum absolute atomic E-state index is 0.724. The first-order valence-corrected chi connectivity index (χ1v) is 13.7. The van der Waals surface area contributed by atoms with Crippen molar-refractivity contribution in [2.24, 2.45) is 0 Å². The molecule has 29 heavy (non-hydrogen) atoms. The van der Waals surface area contributed by atoms with Crippen molar-refractivity contribution in [1.82, 2.24) is 9.38 Å². The van der Waals surface area contributed by atoms with E-state index in [1.807, 2.05) is 12.5 Å². The predicted octanol–water partition coefficient (Wildman–Crippen LogP) is 5.58. The first-order chi connectivity index (χ1) is 14.2. The van der Waals surface area contributed by atoms with Gasteiger partial charge in [-0.05, 0) is 0 Å². The van der Waals surface area contributed by atoms with E-state index < -0.39 is 5.96 Å². The molecule has 0 atom stereocenters. The van der Waals surface area contributed by atoms with E-state index in [1.165, 1.54) is 21.6 Å². The van der Waals surface area contributed by atoms with Crippen molar-refractivity contribution in [3.8, 4) is 0 Å². The number of nitrogens with zero attached hydrogens (tertiary/aromatic N) is 2. The normalized spacial score (nSPS) is 13.2. The molecule has 0 unspecified atom stereocenters. The molecule has 2 aromatic heterocycles. The van der Waals surface area contributed by atoms with E-state index in [4.69, 9.17) is 11.2 Å². The van der Waals surface area contributed by atoms with Crippen LogP contribution >= 0.6 is 28.5 Å². The molecule has 0 N–H and O–H groups in total. The summed E-state index contributed by atoms with van der Waals surface area (Å²) in [6, 6.07) is 31.8. The van der Waals surface area contributed by atoms with E-state index in [1.54, 1.807) is 11.3 Å². The summed E-state index contributed by atoms with van der Waals surface area (Å²) in [5, 5.41) is 5.75. The summed E-state index contributed by atoms with van der Waals surface area (Å²) in [5.41, 5.74) is 1.19. The van der Waals surface area contributed by atoms with Crippen LogP contribution in [0.3, 0.4) is 0 Å². The molecule has 2 heterocycles. The van der Waals surface area contributed by atoms with Gasteiger partial charge in [0.25, 0.3) is 0 Å². The second-order valence-electron chi connectivity index (χ2n) is 7.18. The molecule has 144 valence electrons. The molecule has 2 nitrogen and oxygen atoms in total. The third-order valence-corrected chi connectivity index (χ3v) is 13.7. The Bertz CT molecular complexity index is 1150. The summed E-state index contributed by atoms with van der Waals surface area (Å²) in [7, 11) is 0. The molecule has 0 aliphatic carbocycles. The van der Waals surface area contributed by atoms with Crippen LogP contribution in [0.4, 0.5) is 0 Å². The number of thiazole rings is 1. The monoisotopic (exact) mass is 434 g/mol. The molecule has 0 aliphatic heterocycles. The fourth-order valence-electron chi connectivity index (χ4n) is 4.13. The quantitative estimate of drug-likeness (QED) is 0.330. The van der Waals surface area contributed by atoms with Gasteiger partial charge in [0.15, 0.2) is 0 Å². The standard InChI is InChI=1S/C24H20ClN2PS/c25-28(21-10-4-1-5-11-21,22-12-6-2-7-13-22,23-14-8-3-9-15-23)17-20-18-29-24-16-26-19-27(20)24/h1-16,18-19H,17H2. The Morgan fingerprint density at radius 1 is 0.759 bits per heavy atom. The van der Waals surface area contributed by atoms with Gasteiger partial charge < -0.3 is 0 Å². The molecular weight excluding hydrogens is 415 g/mol. The van der Waals surface area contributed by atoms with Crippen LogP contribution in [0.15, 0.2) is 109 Å². The van der Waals surface area contributed by atoms with Crippen molar-refractivity contribution >= 4 is 49.3 Å². The van der Waals surface area contributed by atoms with E-state index in [0.29, 0.717) is 0 Å². The maximum absolute atomic E-state index is 8.13. The zero-order valence-corrected chi connectivity index (χ0v) is 18.2. The van der Waals surface area contributed by atoms with Crippen LogP contribution in [0.1, 0.15) is 5.69 Å². The number of halogens is 1. The number of imidazole rings is 1. The van der Waals surface area contributed by atoms with Crippen LogP contribution in [-0.2, 0) is 6.16 Å². The fraction of sp³-hybridized carbons (Fsp3) is 0.0417. The first kappa shape index (κ1) is 18.6. The van der Waals surface area contributed by atoms with Crippen molar-refractivity contribution in [3.63, 3.8) is 0 Å². The Morgan fingerprint density at radius 3 is 1.72 bits per heavy atom. The fourth-order valence-corrected chi connectivity index (χ4v) is 11.2. The van der Waals surface area contributed by atoms with E-state index in [9.17, 15) is 0 Å². The number of benzene rings is 3. The van der Waals surface area contributed by atoms with Crippen molar-refractivity contribution in [2.75, 3.05) is 0 Å². The molecule has 0 saturated heterocycles. The van der Waals surface area contributed by atoms with Gasteiger partial charge in [0.05, 0.1) is 0 Å². The molecular formula is C24H20ClN2PS. The van der Waals surface area contributed by atoms with Gasteiger partial charge in [-0.1, -0.05) is 0 Å². The summed E-state index contributed by atoms with van der Waals surface area (Å²) in [6.45, 7) is 0. The average molecular weight is 435 g/mol. The maximum atomic E-state index is 8.13. The topological polar surface area (TPSA) is 17.3 Å². The third-order valence-electron chi connectivity index (χ3n) is 5.57.